The first kappa shape index (κ1) is 16.5. The zero-order valence-corrected chi connectivity index (χ0v) is 12.4. The lowest BCUT2D eigenvalue weighted by molar-refractivity contribution is -0.126. The maximum Gasteiger partial charge on any atom is 0.321 e. The third kappa shape index (κ3) is 4.48. The third-order valence-electron chi connectivity index (χ3n) is 2.71. The Bertz CT molecular complexity index is 556. The van der Waals surface area contributed by atoms with Gasteiger partial charge in [0.15, 0.2) is 23.4 Å². The summed E-state index contributed by atoms with van der Waals surface area (Å²) in [6.45, 7) is 2.94. The van der Waals surface area contributed by atoms with Crippen LogP contribution < -0.4 is 20.1 Å². The van der Waals surface area contributed by atoms with Crippen molar-refractivity contribution >= 4 is 17.7 Å². The van der Waals surface area contributed by atoms with Gasteiger partial charge in [0.25, 0.3) is 5.91 Å². The van der Waals surface area contributed by atoms with Gasteiger partial charge in [-0.1, -0.05) is 0 Å². The second kappa shape index (κ2) is 7.28. The maximum atomic E-state index is 11.7. The minimum Gasteiger partial charge on any atom is -0.493 e. The summed E-state index contributed by atoms with van der Waals surface area (Å²) in [5.74, 6) is -0.0540. The number of urea groups is 1. The second-order valence-electron chi connectivity index (χ2n) is 4.25. The van der Waals surface area contributed by atoms with Crippen molar-refractivity contribution in [1.29, 1.82) is 0 Å². The molecule has 0 aliphatic heterocycles. The van der Waals surface area contributed by atoms with E-state index in [9.17, 15) is 14.4 Å². The fourth-order valence-corrected chi connectivity index (χ4v) is 1.50. The zero-order valence-electron chi connectivity index (χ0n) is 12.4. The number of ketones is 1. The Labute approximate surface area is 122 Å². The van der Waals surface area contributed by atoms with Gasteiger partial charge in [-0.15, -0.1) is 0 Å². The van der Waals surface area contributed by atoms with Gasteiger partial charge >= 0.3 is 6.03 Å². The first-order chi connectivity index (χ1) is 9.88. The average Bonchev–Trinajstić information content (AvgIpc) is 2.46. The van der Waals surface area contributed by atoms with Crippen molar-refractivity contribution in [3.63, 3.8) is 0 Å². The van der Waals surface area contributed by atoms with Crippen LogP contribution in [-0.4, -0.2) is 38.0 Å². The van der Waals surface area contributed by atoms with Crippen molar-refractivity contribution in [2.24, 2.45) is 0 Å². The quantitative estimate of drug-likeness (QED) is 0.794. The summed E-state index contributed by atoms with van der Waals surface area (Å²) in [4.78, 5) is 34.1. The largest absolute Gasteiger partial charge is 0.493 e. The molecule has 0 fully saturated rings. The van der Waals surface area contributed by atoms with Crippen LogP contribution in [0, 0.1) is 0 Å². The summed E-state index contributed by atoms with van der Waals surface area (Å²) < 4.78 is 10.6. The Morgan fingerprint density at radius 1 is 1.19 bits per heavy atom. The molecule has 0 saturated carbocycles. The van der Waals surface area contributed by atoms with Crippen LogP contribution in [0.3, 0.4) is 0 Å². The summed E-state index contributed by atoms with van der Waals surface area (Å²) in [5, 5.41) is 4.38. The lowest BCUT2D eigenvalue weighted by Gasteiger charge is -2.16. The lowest BCUT2D eigenvalue weighted by atomic mass is 10.1. The fourth-order valence-electron chi connectivity index (χ4n) is 1.50. The predicted octanol–water partition coefficient (Wildman–Crippen LogP) is 1.12. The Balaban J connectivity index is 2.84. The number of amides is 3. The highest BCUT2D eigenvalue weighted by Gasteiger charge is 2.19. The normalized spacial score (nSPS) is 11.2. The highest BCUT2D eigenvalue weighted by atomic mass is 16.5. The maximum absolute atomic E-state index is 11.7. The molecule has 0 aromatic heterocycles. The molecule has 3 amide bonds. The average molecular weight is 294 g/mol. The van der Waals surface area contributed by atoms with E-state index in [0.29, 0.717) is 17.1 Å². The standard InChI is InChI=1S/C14H18N2O5/c1-8(17)10-5-6-11(12(7-10)20-4)21-9(2)13(18)16-14(19)15-3/h5-7,9H,1-4H3,(H2,15,16,18,19). The number of nitrogens with one attached hydrogen (secondary N) is 2. The van der Waals surface area contributed by atoms with Crippen molar-refractivity contribution in [3.05, 3.63) is 23.8 Å². The van der Waals surface area contributed by atoms with Crippen molar-refractivity contribution in [3.8, 4) is 11.5 Å². The number of carbonyl (C=O) groups is 3. The molecule has 0 heterocycles. The van der Waals surface area contributed by atoms with Crippen LogP contribution in [0.15, 0.2) is 18.2 Å². The van der Waals surface area contributed by atoms with E-state index >= 15 is 0 Å². The van der Waals surface area contributed by atoms with Crippen molar-refractivity contribution in [1.82, 2.24) is 10.6 Å². The summed E-state index contributed by atoms with van der Waals surface area (Å²) in [6, 6.07) is 4.03. The minimum absolute atomic E-state index is 0.106. The molecule has 1 aromatic rings. The van der Waals surface area contributed by atoms with E-state index in [1.54, 1.807) is 12.1 Å². The Morgan fingerprint density at radius 3 is 2.38 bits per heavy atom. The van der Waals surface area contributed by atoms with Crippen LogP contribution in [0.25, 0.3) is 0 Å². The molecular weight excluding hydrogens is 276 g/mol. The van der Waals surface area contributed by atoms with Gasteiger partial charge in [0.1, 0.15) is 0 Å². The fraction of sp³-hybridized carbons (Fsp3) is 0.357. The molecule has 114 valence electrons. The van der Waals surface area contributed by atoms with Crippen LogP contribution in [0.5, 0.6) is 11.5 Å². The number of ether oxygens (including phenoxy) is 2. The van der Waals surface area contributed by atoms with E-state index in [-0.39, 0.29) is 5.78 Å². The van der Waals surface area contributed by atoms with E-state index < -0.39 is 18.0 Å². The Morgan fingerprint density at radius 2 is 1.86 bits per heavy atom. The molecule has 7 heteroatoms. The monoisotopic (exact) mass is 294 g/mol. The molecule has 0 saturated heterocycles. The third-order valence-corrected chi connectivity index (χ3v) is 2.71. The van der Waals surface area contributed by atoms with Crippen LogP contribution in [-0.2, 0) is 4.79 Å². The molecule has 0 aliphatic rings. The van der Waals surface area contributed by atoms with Crippen LogP contribution in [0.1, 0.15) is 24.2 Å². The molecular formula is C14H18N2O5. The number of imide groups is 1. The van der Waals surface area contributed by atoms with Crippen LogP contribution in [0.2, 0.25) is 0 Å². The topological polar surface area (TPSA) is 93.7 Å². The van der Waals surface area contributed by atoms with Crippen molar-refractivity contribution < 1.29 is 23.9 Å². The van der Waals surface area contributed by atoms with Gasteiger partial charge in [-0.05, 0) is 32.0 Å². The molecule has 0 spiro atoms. The van der Waals surface area contributed by atoms with Gasteiger partial charge < -0.3 is 14.8 Å². The van der Waals surface area contributed by atoms with E-state index in [4.69, 9.17) is 9.47 Å². The molecule has 0 radical (unpaired) electrons. The molecule has 7 nitrogen and oxygen atoms in total. The number of hydrogen-bond donors (Lipinski definition) is 2. The van der Waals surface area contributed by atoms with Gasteiger partial charge in [0.05, 0.1) is 7.11 Å². The van der Waals surface area contributed by atoms with Crippen LogP contribution >= 0.6 is 0 Å². The van der Waals surface area contributed by atoms with Crippen LogP contribution in [0.4, 0.5) is 4.79 Å². The molecule has 1 rings (SSSR count). The molecule has 1 atom stereocenters. The molecule has 0 bridgehead atoms. The van der Waals surface area contributed by atoms with Crippen molar-refractivity contribution in [2.75, 3.05) is 14.2 Å². The Hall–Kier alpha value is -2.57. The number of carbonyl (C=O) groups excluding carboxylic acids is 3. The second-order valence-corrected chi connectivity index (χ2v) is 4.25. The first-order valence-corrected chi connectivity index (χ1v) is 6.27. The summed E-state index contributed by atoms with van der Waals surface area (Å²) in [6.07, 6.45) is -0.903. The van der Waals surface area contributed by atoms with Gasteiger partial charge in [-0.2, -0.15) is 0 Å². The predicted molar refractivity (Wildman–Crippen MR) is 75.7 cm³/mol. The van der Waals surface area contributed by atoms with Gasteiger partial charge in [-0.3, -0.25) is 14.9 Å². The molecule has 2 N–H and O–H groups in total. The highest BCUT2D eigenvalue weighted by molar-refractivity contribution is 5.96. The number of methoxy groups -OCH3 is 1. The zero-order chi connectivity index (χ0) is 16.0. The van der Waals surface area contributed by atoms with E-state index in [1.165, 1.54) is 34.1 Å². The van der Waals surface area contributed by atoms with Crippen molar-refractivity contribution in [2.45, 2.75) is 20.0 Å². The van der Waals surface area contributed by atoms with Gasteiger partial charge in [0, 0.05) is 12.6 Å². The van der Waals surface area contributed by atoms with E-state index in [2.05, 4.69) is 10.6 Å². The van der Waals surface area contributed by atoms with Gasteiger partial charge in [0.2, 0.25) is 0 Å². The minimum atomic E-state index is -0.903. The summed E-state index contributed by atoms with van der Waals surface area (Å²) in [5.41, 5.74) is 0.474. The Kier molecular flexibility index (Phi) is 5.71. The molecule has 21 heavy (non-hydrogen) atoms. The number of hydrogen-bond acceptors (Lipinski definition) is 5. The lowest BCUT2D eigenvalue weighted by Crippen LogP contribution is -2.44. The highest BCUT2D eigenvalue weighted by Crippen LogP contribution is 2.29. The number of benzene rings is 1. The van der Waals surface area contributed by atoms with Gasteiger partial charge in [-0.25, -0.2) is 4.79 Å². The SMILES string of the molecule is CNC(=O)NC(=O)C(C)Oc1ccc(C(C)=O)cc1OC. The number of Topliss-reactive ketones (excluding diaryl/α,β-unsaturated/α-hetero) is 1. The molecule has 1 unspecified atom stereocenters. The summed E-state index contributed by atoms with van der Waals surface area (Å²) >= 11 is 0. The van der Waals surface area contributed by atoms with E-state index in [0.717, 1.165) is 0 Å². The number of rotatable bonds is 5. The first-order valence-electron chi connectivity index (χ1n) is 6.27. The van der Waals surface area contributed by atoms with E-state index in [1.807, 2.05) is 0 Å². The molecule has 0 aliphatic carbocycles. The smallest absolute Gasteiger partial charge is 0.321 e. The summed E-state index contributed by atoms with van der Waals surface area (Å²) in [7, 11) is 2.83. The molecule has 1 aromatic carbocycles.